The summed E-state index contributed by atoms with van der Waals surface area (Å²) in [5.74, 6) is -3.02. The van der Waals surface area contributed by atoms with Crippen LogP contribution in [0.2, 0.25) is 0 Å². The normalized spacial score (nSPS) is 13.9. The van der Waals surface area contributed by atoms with E-state index in [0.717, 1.165) is 50.0 Å². The van der Waals surface area contributed by atoms with Crippen LogP contribution in [0.15, 0.2) is 72.8 Å². The van der Waals surface area contributed by atoms with E-state index in [0.29, 0.717) is 11.1 Å². The maximum atomic E-state index is 13.6. The van der Waals surface area contributed by atoms with Gasteiger partial charge in [0.25, 0.3) is 5.91 Å². The second kappa shape index (κ2) is 14.0. The highest BCUT2D eigenvalue weighted by Crippen LogP contribution is 2.38. The molecule has 10 heteroatoms. The first-order valence-corrected chi connectivity index (χ1v) is 14.0. The quantitative estimate of drug-likeness (QED) is 0.226. The molecule has 1 aliphatic rings. The van der Waals surface area contributed by atoms with Crippen molar-refractivity contribution in [1.82, 2.24) is 5.32 Å². The minimum atomic E-state index is -4.67. The molecular formula is C33H33F3N2O5. The first kappa shape index (κ1) is 31.3. The molecule has 2 amide bonds. The number of hydrogen-bond acceptors (Lipinski definition) is 4. The lowest BCUT2D eigenvalue weighted by Gasteiger charge is -2.20. The molecule has 0 heterocycles. The highest BCUT2D eigenvalue weighted by atomic mass is 19.4. The number of carbonyl (C=O) groups excluding carboxylic acids is 2. The molecular weight excluding hydrogens is 561 g/mol. The lowest BCUT2D eigenvalue weighted by Crippen LogP contribution is -2.26. The van der Waals surface area contributed by atoms with Crippen molar-refractivity contribution in [3.05, 3.63) is 101 Å². The van der Waals surface area contributed by atoms with Crippen molar-refractivity contribution in [2.45, 2.75) is 50.6 Å². The van der Waals surface area contributed by atoms with Gasteiger partial charge in [-0.2, -0.15) is 13.2 Å². The Labute approximate surface area is 247 Å². The maximum absolute atomic E-state index is 13.6. The third-order valence-corrected chi connectivity index (χ3v) is 7.34. The average molecular weight is 595 g/mol. The number of methoxy groups -OCH3 is 1. The number of alkyl halides is 3. The van der Waals surface area contributed by atoms with E-state index in [2.05, 4.69) is 16.7 Å². The Balaban J connectivity index is 1.58. The number of halogens is 3. The van der Waals surface area contributed by atoms with Gasteiger partial charge in [-0.05, 0) is 84.7 Å². The Morgan fingerprint density at radius 3 is 2.30 bits per heavy atom. The summed E-state index contributed by atoms with van der Waals surface area (Å²) in [6.07, 6.45) is 1.87. The van der Waals surface area contributed by atoms with Crippen LogP contribution >= 0.6 is 0 Å². The summed E-state index contributed by atoms with van der Waals surface area (Å²) in [4.78, 5) is 36.7. The van der Waals surface area contributed by atoms with Crippen molar-refractivity contribution in [2.24, 2.45) is 0 Å². The monoisotopic (exact) mass is 594 g/mol. The molecule has 43 heavy (non-hydrogen) atoms. The Bertz CT molecular complexity index is 1480. The van der Waals surface area contributed by atoms with Gasteiger partial charge in [-0.1, -0.05) is 42.5 Å². The van der Waals surface area contributed by atoms with Crippen LogP contribution in [0.3, 0.4) is 0 Å². The molecule has 0 radical (unpaired) electrons. The number of carbonyl (C=O) groups is 3. The molecule has 1 aliphatic carbocycles. The molecule has 0 saturated heterocycles. The van der Waals surface area contributed by atoms with Crippen molar-refractivity contribution in [2.75, 3.05) is 19.0 Å². The van der Waals surface area contributed by atoms with Gasteiger partial charge in [-0.15, -0.1) is 0 Å². The molecule has 0 bridgehead atoms. The molecule has 0 saturated carbocycles. The standard InChI is InChI=1S/C33H33F3N2O5/c1-43-29-16-15-26(20-28(29)33(34,35)36)38-32(42)27(24-13-11-23(12-14-24)22-5-3-2-4-6-22)19-21-7-9-25(10-8-21)31(41)37-18-17-30(39)40/h5,7-16,20,27H,2-4,6,17-19H2,1H3,(H,37,41)(H,38,42)(H,39,40). The van der Waals surface area contributed by atoms with Crippen LogP contribution in [0.1, 0.15) is 70.6 Å². The highest BCUT2D eigenvalue weighted by molar-refractivity contribution is 5.96. The second-order valence-electron chi connectivity index (χ2n) is 10.4. The van der Waals surface area contributed by atoms with Crippen LogP contribution < -0.4 is 15.4 Å². The number of allylic oxidation sites excluding steroid dienone is 2. The summed E-state index contributed by atoms with van der Waals surface area (Å²) in [5.41, 5.74) is 3.08. The topological polar surface area (TPSA) is 105 Å². The first-order valence-electron chi connectivity index (χ1n) is 14.0. The summed E-state index contributed by atoms with van der Waals surface area (Å²) < 4.78 is 45.6. The molecule has 0 fully saturated rings. The Kier molecular flexibility index (Phi) is 10.2. The Morgan fingerprint density at radius 2 is 1.70 bits per heavy atom. The van der Waals surface area contributed by atoms with Crippen LogP contribution in [0.5, 0.6) is 5.75 Å². The number of carboxylic acid groups (broad SMARTS) is 1. The number of rotatable bonds is 11. The smallest absolute Gasteiger partial charge is 0.420 e. The maximum Gasteiger partial charge on any atom is 0.420 e. The summed E-state index contributed by atoms with van der Waals surface area (Å²) in [5, 5.41) is 13.9. The minimum Gasteiger partial charge on any atom is -0.496 e. The van der Waals surface area contributed by atoms with Crippen LogP contribution in [0, 0.1) is 0 Å². The molecule has 3 aromatic carbocycles. The van der Waals surface area contributed by atoms with Gasteiger partial charge in [0.15, 0.2) is 0 Å². The van der Waals surface area contributed by atoms with E-state index in [1.807, 2.05) is 24.3 Å². The van der Waals surface area contributed by atoms with Crippen LogP contribution in [0.4, 0.5) is 18.9 Å². The van der Waals surface area contributed by atoms with Crippen molar-refractivity contribution in [3.63, 3.8) is 0 Å². The molecule has 0 spiro atoms. The molecule has 0 aliphatic heterocycles. The predicted molar refractivity (Wildman–Crippen MR) is 157 cm³/mol. The van der Waals surface area contributed by atoms with Gasteiger partial charge in [0, 0.05) is 17.8 Å². The fourth-order valence-electron chi connectivity index (χ4n) is 5.04. The minimum absolute atomic E-state index is 0.00747. The zero-order chi connectivity index (χ0) is 31.0. The first-order chi connectivity index (χ1) is 20.5. The van der Waals surface area contributed by atoms with Gasteiger partial charge in [-0.3, -0.25) is 14.4 Å². The molecule has 1 unspecified atom stereocenters. The van der Waals surface area contributed by atoms with E-state index >= 15 is 0 Å². The Hall–Kier alpha value is -4.60. The summed E-state index contributed by atoms with van der Waals surface area (Å²) in [6.45, 7) is -0.00747. The zero-order valence-electron chi connectivity index (χ0n) is 23.7. The van der Waals surface area contributed by atoms with Gasteiger partial charge in [0.1, 0.15) is 5.75 Å². The van der Waals surface area contributed by atoms with Crippen molar-refractivity contribution < 1.29 is 37.4 Å². The number of aliphatic carboxylic acids is 1. The third kappa shape index (κ3) is 8.47. The van der Waals surface area contributed by atoms with Gasteiger partial charge >= 0.3 is 12.1 Å². The summed E-state index contributed by atoms with van der Waals surface area (Å²) in [6, 6.07) is 17.6. The largest absolute Gasteiger partial charge is 0.496 e. The van der Waals surface area contributed by atoms with Gasteiger partial charge in [0.05, 0.1) is 25.0 Å². The third-order valence-electron chi connectivity index (χ3n) is 7.34. The molecule has 3 aromatic rings. The zero-order valence-corrected chi connectivity index (χ0v) is 23.7. The second-order valence-corrected chi connectivity index (χ2v) is 10.4. The number of hydrogen-bond donors (Lipinski definition) is 3. The number of amides is 2. The Morgan fingerprint density at radius 1 is 0.977 bits per heavy atom. The SMILES string of the molecule is COc1ccc(NC(=O)C(Cc2ccc(C(=O)NCCC(=O)O)cc2)c2ccc(C3=CCCCC3)cc2)cc1C(F)(F)F. The lowest BCUT2D eigenvalue weighted by atomic mass is 9.88. The summed E-state index contributed by atoms with van der Waals surface area (Å²) in [7, 11) is 1.15. The molecule has 4 rings (SSSR count). The van der Waals surface area contributed by atoms with Gasteiger partial charge in [0.2, 0.25) is 5.91 Å². The highest BCUT2D eigenvalue weighted by Gasteiger charge is 2.35. The lowest BCUT2D eigenvalue weighted by molar-refractivity contribution is -0.139. The van der Waals surface area contributed by atoms with E-state index in [-0.39, 0.29) is 30.8 Å². The van der Waals surface area contributed by atoms with Crippen LogP contribution in [-0.4, -0.2) is 36.5 Å². The predicted octanol–water partition coefficient (Wildman–Crippen LogP) is 6.84. The van der Waals surface area contributed by atoms with Crippen LogP contribution in [-0.2, 0) is 22.2 Å². The average Bonchev–Trinajstić information content (AvgIpc) is 3.00. The van der Waals surface area contributed by atoms with Gasteiger partial charge in [-0.25, -0.2) is 0 Å². The molecule has 7 nitrogen and oxygen atoms in total. The van der Waals surface area contributed by atoms with E-state index in [9.17, 15) is 27.6 Å². The van der Waals surface area contributed by atoms with Crippen molar-refractivity contribution in [1.29, 1.82) is 0 Å². The van der Waals surface area contributed by atoms with Crippen molar-refractivity contribution >= 4 is 29.0 Å². The van der Waals surface area contributed by atoms with Crippen LogP contribution in [0.25, 0.3) is 5.57 Å². The number of benzene rings is 3. The van der Waals surface area contributed by atoms with E-state index < -0.39 is 35.4 Å². The number of carboxylic acids is 1. The fraction of sp³-hybridized carbons (Fsp3) is 0.303. The number of ether oxygens (including phenoxy) is 1. The number of anilines is 1. The van der Waals surface area contributed by atoms with E-state index in [1.165, 1.54) is 17.7 Å². The molecule has 3 N–H and O–H groups in total. The molecule has 226 valence electrons. The number of nitrogens with one attached hydrogen (secondary N) is 2. The fourth-order valence-corrected chi connectivity index (χ4v) is 5.04. The van der Waals surface area contributed by atoms with E-state index in [1.54, 1.807) is 24.3 Å². The molecule has 0 aromatic heterocycles. The van der Waals surface area contributed by atoms with Crippen molar-refractivity contribution in [3.8, 4) is 5.75 Å². The molecule has 1 atom stereocenters. The van der Waals surface area contributed by atoms with E-state index in [4.69, 9.17) is 9.84 Å². The summed E-state index contributed by atoms with van der Waals surface area (Å²) >= 11 is 0. The van der Waals surface area contributed by atoms with Gasteiger partial charge < -0.3 is 20.5 Å².